The molecule has 0 radical (unpaired) electrons. The fraction of sp³-hybridized carbons (Fsp3) is 0.0435. The van der Waals surface area contributed by atoms with Gasteiger partial charge in [0.15, 0.2) is 0 Å². The van der Waals surface area contributed by atoms with Gasteiger partial charge in [-0.25, -0.2) is 9.97 Å². The number of aryl methyl sites for hydroxylation is 1. The maximum atomic E-state index is 11.8. The van der Waals surface area contributed by atoms with Crippen LogP contribution in [0.4, 0.5) is 28.7 Å². The first-order chi connectivity index (χ1) is 15.5. The van der Waals surface area contributed by atoms with Crippen molar-refractivity contribution in [2.24, 2.45) is 0 Å². The molecule has 0 aliphatic carbocycles. The molecule has 3 aromatic carbocycles. The molecular formula is C23H18ClN5O3. The van der Waals surface area contributed by atoms with Crippen molar-refractivity contribution in [3.63, 3.8) is 0 Å². The zero-order valence-corrected chi connectivity index (χ0v) is 17.7. The first kappa shape index (κ1) is 21.1. The Morgan fingerprint density at radius 1 is 0.906 bits per heavy atom. The highest BCUT2D eigenvalue weighted by Gasteiger charge is 2.23. The van der Waals surface area contributed by atoms with Crippen molar-refractivity contribution < 1.29 is 9.66 Å². The first-order valence-corrected chi connectivity index (χ1v) is 10.00. The van der Waals surface area contributed by atoms with E-state index in [1.807, 2.05) is 43.3 Å². The molecule has 0 fully saturated rings. The molecule has 0 spiro atoms. The summed E-state index contributed by atoms with van der Waals surface area (Å²) < 4.78 is 5.77. The fourth-order valence-corrected chi connectivity index (χ4v) is 3.13. The van der Waals surface area contributed by atoms with Gasteiger partial charge in [-0.15, -0.1) is 0 Å². The summed E-state index contributed by atoms with van der Waals surface area (Å²) in [6, 6.07) is 21.6. The zero-order valence-electron chi connectivity index (χ0n) is 16.9. The maximum absolute atomic E-state index is 11.8. The number of benzene rings is 3. The van der Waals surface area contributed by atoms with Crippen molar-refractivity contribution in [2.75, 3.05) is 10.6 Å². The minimum atomic E-state index is -0.530. The summed E-state index contributed by atoms with van der Waals surface area (Å²) in [6.45, 7) is 1.86. The van der Waals surface area contributed by atoms with Gasteiger partial charge in [-0.3, -0.25) is 10.1 Å². The van der Waals surface area contributed by atoms with Gasteiger partial charge < -0.3 is 15.4 Å². The van der Waals surface area contributed by atoms with Crippen LogP contribution >= 0.6 is 11.6 Å². The average Bonchev–Trinajstić information content (AvgIpc) is 2.78. The van der Waals surface area contributed by atoms with Crippen LogP contribution in [0, 0.1) is 17.0 Å². The van der Waals surface area contributed by atoms with E-state index in [2.05, 4.69) is 20.6 Å². The Balaban J connectivity index is 1.58. The van der Waals surface area contributed by atoms with Crippen LogP contribution in [0.25, 0.3) is 0 Å². The monoisotopic (exact) mass is 447 g/mol. The van der Waals surface area contributed by atoms with Gasteiger partial charge in [0.2, 0.25) is 11.6 Å². The van der Waals surface area contributed by atoms with Crippen molar-refractivity contribution in [3.05, 3.63) is 99.8 Å². The van der Waals surface area contributed by atoms with E-state index in [4.69, 9.17) is 16.3 Å². The highest BCUT2D eigenvalue weighted by atomic mass is 35.5. The zero-order chi connectivity index (χ0) is 22.5. The maximum Gasteiger partial charge on any atom is 0.353 e. The fourth-order valence-electron chi connectivity index (χ4n) is 2.96. The van der Waals surface area contributed by atoms with Crippen LogP contribution in [-0.4, -0.2) is 14.9 Å². The lowest BCUT2D eigenvalue weighted by Crippen LogP contribution is -2.06. The predicted octanol–water partition coefficient (Wildman–Crippen LogP) is 6.63. The van der Waals surface area contributed by atoms with Crippen LogP contribution in [-0.2, 0) is 0 Å². The molecule has 1 heterocycles. The number of nitrogens with zero attached hydrogens (tertiary/aromatic N) is 3. The number of para-hydroxylation sites is 1. The van der Waals surface area contributed by atoms with E-state index in [-0.39, 0.29) is 17.3 Å². The largest absolute Gasteiger partial charge is 0.457 e. The lowest BCUT2D eigenvalue weighted by atomic mass is 10.2. The molecule has 4 rings (SSSR count). The minimum absolute atomic E-state index is 0.0573. The molecule has 0 unspecified atom stereocenters. The summed E-state index contributed by atoms with van der Waals surface area (Å²) in [5.41, 5.74) is 1.81. The first-order valence-electron chi connectivity index (χ1n) is 9.62. The Kier molecular flexibility index (Phi) is 6.14. The number of aromatic nitrogens is 2. The van der Waals surface area contributed by atoms with Crippen LogP contribution in [0.2, 0.25) is 5.02 Å². The Labute approximate surface area is 189 Å². The molecule has 0 saturated carbocycles. The van der Waals surface area contributed by atoms with E-state index >= 15 is 0 Å². The highest BCUT2D eigenvalue weighted by molar-refractivity contribution is 6.30. The molecule has 9 heteroatoms. The predicted molar refractivity (Wildman–Crippen MR) is 124 cm³/mol. The van der Waals surface area contributed by atoms with Gasteiger partial charge in [0.05, 0.1) is 4.92 Å². The molecular weight excluding hydrogens is 430 g/mol. The van der Waals surface area contributed by atoms with Gasteiger partial charge in [-0.2, -0.15) is 0 Å². The van der Waals surface area contributed by atoms with Gasteiger partial charge in [0.1, 0.15) is 17.8 Å². The second-order valence-electron chi connectivity index (χ2n) is 6.83. The molecule has 8 nitrogen and oxygen atoms in total. The Bertz CT molecular complexity index is 1250. The molecule has 0 bridgehead atoms. The summed E-state index contributed by atoms with van der Waals surface area (Å²) in [4.78, 5) is 19.4. The molecule has 0 aliphatic heterocycles. The third-order valence-corrected chi connectivity index (χ3v) is 4.79. The number of halogens is 1. The van der Waals surface area contributed by atoms with Crippen molar-refractivity contribution in [2.45, 2.75) is 6.92 Å². The van der Waals surface area contributed by atoms with Gasteiger partial charge in [0, 0.05) is 16.4 Å². The Hall–Kier alpha value is -4.17. The van der Waals surface area contributed by atoms with Gasteiger partial charge >= 0.3 is 5.69 Å². The Morgan fingerprint density at radius 2 is 1.56 bits per heavy atom. The van der Waals surface area contributed by atoms with E-state index in [1.165, 1.54) is 6.33 Å². The molecule has 160 valence electrons. The van der Waals surface area contributed by atoms with Gasteiger partial charge in [0.25, 0.3) is 0 Å². The van der Waals surface area contributed by atoms with Crippen LogP contribution in [0.15, 0.2) is 79.1 Å². The number of hydrogen-bond acceptors (Lipinski definition) is 7. The van der Waals surface area contributed by atoms with Crippen molar-refractivity contribution in [1.29, 1.82) is 0 Å². The van der Waals surface area contributed by atoms with E-state index in [0.29, 0.717) is 27.9 Å². The summed E-state index contributed by atoms with van der Waals surface area (Å²) in [5, 5.41) is 18.3. The number of nitro groups is 1. The number of anilines is 4. The second-order valence-corrected chi connectivity index (χ2v) is 7.26. The summed E-state index contributed by atoms with van der Waals surface area (Å²) in [7, 11) is 0. The van der Waals surface area contributed by atoms with Crippen LogP contribution in [0.3, 0.4) is 0 Å². The number of rotatable bonds is 7. The normalized spacial score (nSPS) is 10.4. The Morgan fingerprint density at radius 3 is 2.25 bits per heavy atom. The molecule has 2 N–H and O–H groups in total. The van der Waals surface area contributed by atoms with E-state index in [0.717, 1.165) is 5.56 Å². The van der Waals surface area contributed by atoms with Crippen LogP contribution in [0.5, 0.6) is 11.5 Å². The van der Waals surface area contributed by atoms with Gasteiger partial charge in [-0.05, 0) is 61.0 Å². The molecule has 0 amide bonds. The molecule has 0 saturated heterocycles. The second kappa shape index (κ2) is 9.32. The summed E-state index contributed by atoms with van der Waals surface area (Å²) in [5.74, 6) is 1.47. The van der Waals surface area contributed by atoms with E-state index in [9.17, 15) is 10.1 Å². The van der Waals surface area contributed by atoms with Crippen LogP contribution < -0.4 is 15.4 Å². The molecule has 1 aromatic heterocycles. The van der Waals surface area contributed by atoms with Gasteiger partial charge in [-0.1, -0.05) is 35.9 Å². The molecule has 4 aromatic rings. The highest BCUT2D eigenvalue weighted by Crippen LogP contribution is 2.34. The minimum Gasteiger partial charge on any atom is -0.457 e. The van der Waals surface area contributed by atoms with Crippen molar-refractivity contribution >= 4 is 40.3 Å². The van der Waals surface area contributed by atoms with Crippen molar-refractivity contribution in [1.82, 2.24) is 9.97 Å². The SMILES string of the molecule is Cc1ccc(Cl)cc1Nc1ncnc(Nc2ccc(Oc3ccccc3)cc2)c1[N+](=O)[O-]. The number of ether oxygens (including phenoxy) is 1. The molecule has 0 atom stereocenters. The quantitative estimate of drug-likeness (QED) is 0.242. The third-order valence-electron chi connectivity index (χ3n) is 4.55. The number of nitrogens with one attached hydrogen (secondary N) is 2. The van der Waals surface area contributed by atoms with E-state index in [1.54, 1.807) is 36.4 Å². The number of hydrogen-bond donors (Lipinski definition) is 2. The third kappa shape index (κ3) is 4.93. The molecule has 0 aliphatic rings. The topological polar surface area (TPSA) is 102 Å². The van der Waals surface area contributed by atoms with Crippen molar-refractivity contribution in [3.8, 4) is 11.5 Å². The van der Waals surface area contributed by atoms with Crippen LogP contribution in [0.1, 0.15) is 5.56 Å². The summed E-state index contributed by atoms with van der Waals surface area (Å²) >= 11 is 6.06. The standard InChI is InChI=1S/C23H18ClN5O3/c1-15-7-8-16(24)13-20(15)28-23-21(29(30)31)22(25-14-26-23)27-17-9-11-19(12-10-17)32-18-5-3-2-4-6-18/h2-14H,1H3,(H2,25,26,27,28). The molecule has 32 heavy (non-hydrogen) atoms. The lowest BCUT2D eigenvalue weighted by molar-refractivity contribution is -0.383. The summed E-state index contributed by atoms with van der Waals surface area (Å²) in [6.07, 6.45) is 1.25. The smallest absolute Gasteiger partial charge is 0.353 e. The van der Waals surface area contributed by atoms with E-state index < -0.39 is 4.92 Å². The average molecular weight is 448 g/mol. The lowest BCUT2D eigenvalue weighted by Gasteiger charge is -2.12.